The Hall–Kier alpha value is -2.24. The van der Waals surface area contributed by atoms with Crippen LogP contribution in [0.15, 0.2) is 18.2 Å². The summed E-state index contributed by atoms with van der Waals surface area (Å²) >= 11 is 0. The Kier molecular flexibility index (Phi) is 5.69. The van der Waals surface area contributed by atoms with Crippen molar-refractivity contribution < 1.29 is 19.1 Å². The summed E-state index contributed by atoms with van der Waals surface area (Å²) in [5.74, 6) is 1.07. The standard InChI is InChI=1S/C20H28N2O4/c1-4-15-7-5-6-10-21(15)20(24)14-11-19(23)22(13-14)17-9-8-16(25-2)12-18(17)26-3/h8-9,12,14-15H,4-7,10-11,13H2,1-3H3/t14-,15-/m1/s1. The molecule has 2 atom stereocenters. The van der Waals surface area contributed by atoms with E-state index >= 15 is 0 Å². The van der Waals surface area contributed by atoms with Gasteiger partial charge >= 0.3 is 0 Å². The van der Waals surface area contributed by atoms with Crippen molar-refractivity contribution in [3.63, 3.8) is 0 Å². The number of likely N-dealkylation sites (tertiary alicyclic amines) is 1. The molecule has 0 spiro atoms. The van der Waals surface area contributed by atoms with Gasteiger partial charge in [-0.1, -0.05) is 6.92 Å². The fourth-order valence-electron chi connectivity index (χ4n) is 4.06. The van der Waals surface area contributed by atoms with Crippen LogP contribution in [0, 0.1) is 5.92 Å². The Morgan fingerprint density at radius 2 is 2.04 bits per heavy atom. The number of anilines is 1. The maximum Gasteiger partial charge on any atom is 0.228 e. The molecule has 0 N–H and O–H groups in total. The van der Waals surface area contributed by atoms with E-state index in [1.165, 1.54) is 6.42 Å². The summed E-state index contributed by atoms with van der Waals surface area (Å²) in [6.07, 6.45) is 4.54. The second kappa shape index (κ2) is 7.98. The van der Waals surface area contributed by atoms with Crippen LogP contribution >= 0.6 is 0 Å². The molecule has 0 aromatic heterocycles. The number of methoxy groups -OCH3 is 2. The second-order valence-corrected chi connectivity index (χ2v) is 7.03. The van der Waals surface area contributed by atoms with Gasteiger partial charge in [0.15, 0.2) is 0 Å². The van der Waals surface area contributed by atoms with Crippen molar-refractivity contribution in [2.45, 2.75) is 45.1 Å². The molecule has 0 saturated carbocycles. The zero-order valence-corrected chi connectivity index (χ0v) is 15.9. The van der Waals surface area contributed by atoms with Gasteiger partial charge in [0.1, 0.15) is 11.5 Å². The van der Waals surface area contributed by atoms with Crippen LogP contribution in [0.5, 0.6) is 11.5 Å². The summed E-state index contributed by atoms with van der Waals surface area (Å²) in [5.41, 5.74) is 0.694. The fourth-order valence-corrected chi connectivity index (χ4v) is 4.06. The molecule has 2 aliphatic heterocycles. The summed E-state index contributed by atoms with van der Waals surface area (Å²) in [6.45, 7) is 3.35. The van der Waals surface area contributed by atoms with Gasteiger partial charge in [-0.2, -0.15) is 0 Å². The molecule has 142 valence electrons. The molecule has 3 rings (SSSR count). The quantitative estimate of drug-likeness (QED) is 0.810. The molecule has 1 aromatic carbocycles. The number of amides is 2. The van der Waals surface area contributed by atoms with E-state index in [4.69, 9.17) is 9.47 Å². The molecule has 0 bridgehead atoms. The van der Waals surface area contributed by atoms with E-state index in [9.17, 15) is 9.59 Å². The first-order valence-corrected chi connectivity index (χ1v) is 9.41. The maximum absolute atomic E-state index is 13.0. The van der Waals surface area contributed by atoms with Gasteiger partial charge in [-0.3, -0.25) is 9.59 Å². The van der Waals surface area contributed by atoms with E-state index in [1.807, 2.05) is 11.0 Å². The SMILES string of the molecule is CC[C@@H]1CCCCN1C(=O)[C@@H]1CC(=O)N(c2ccc(OC)cc2OC)C1. The molecular weight excluding hydrogens is 332 g/mol. The molecular formula is C20H28N2O4. The number of hydrogen-bond donors (Lipinski definition) is 0. The Labute approximate surface area is 155 Å². The molecule has 0 radical (unpaired) electrons. The minimum atomic E-state index is -0.276. The maximum atomic E-state index is 13.0. The van der Waals surface area contributed by atoms with E-state index in [-0.39, 0.29) is 24.2 Å². The van der Waals surface area contributed by atoms with Gasteiger partial charge < -0.3 is 19.3 Å². The molecule has 2 fully saturated rings. The van der Waals surface area contributed by atoms with E-state index in [0.29, 0.717) is 29.8 Å². The highest BCUT2D eigenvalue weighted by Crippen LogP contribution is 2.36. The monoisotopic (exact) mass is 360 g/mol. The van der Waals surface area contributed by atoms with Crippen LogP contribution in [0.25, 0.3) is 0 Å². The third-order valence-corrected chi connectivity index (χ3v) is 5.53. The number of benzene rings is 1. The van der Waals surface area contributed by atoms with E-state index in [1.54, 1.807) is 31.3 Å². The third-order valence-electron chi connectivity index (χ3n) is 5.53. The van der Waals surface area contributed by atoms with Gasteiger partial charge in [-0.25, -0.2) is 0 Å². The van der Waals surface area contributed by atoms with Crippen molar-refractivity contribution in [3.05, 3.63) is 18.2 Å². The Morgan fingerprint density at radius 3 is 2.73 bits per heavy atom. The van der Waals surface area contributed by atoms with Crippen molar-refractivity contribution >= 4 is 17.5 Å². The van der Waals surface area contributed by atoms with Gasteiger partial charge in [0, 0.05) is 31.6 Å². The average molecular weight is 360 g/mol. The Morgan fingerprint density at radius 1 is 1.23 bits per heavy atom. The number of carbonyl (C=O) groups is 2. The van der Waals surface area contributed by atoms with Crippen molar-refractivity contribution in [2.24, 2.45) is 5.92 Å². The largest absolute Gasteiger partial charge is 0.497 e. The van der Waals surface area contributed by atoms with Crippen LogP contribution < -0.4 is 14.4 Å². The Bertz CT molecular complexity index is 676. The minimum absolute atomic E-state index is 0.0307. The number of nitrogens with zero attached hydrogens (tertiary/aromatic N) is 2. The van der Waals surface area contributed by atoms with Crippen molar-refractivity contribution in [2.75, 3.05) is 32.2 Å². The van der Waals surface area contributed by atoms with Gasteiger partial charge in [-0.05, 0) is 37.8 Å². The minimum Gasteiger partial charge on any atom is -0.497 e. The van der Waals surface area contributed by atoms with Crippen LogP contribution in [0.4, 0.5) is 5.69 Å². The van der Waals surface area contributed by atoms with Crippen LogP contribution in [0.1, 0.15) is 39.0 Å². The van der Waals surface area contributed by atoms with Crippen LogP contribution in [0.2, 0.25) is 0 Å². The van der Waals surface area contributed by atoms with Gasteiger partial charge in [0.25, 0.3) is 0 Å². The van der Waals surface area contributed by atoms with E-state index in [2.05, 4.69) is 6.92 Å². The predicted molar refractivity (Wildman–Crippen MR) is 99.6 cm³/mol. The van der Waals surface area contributed by atoms with Gasteiger partial charge in [0.05, 0.1) is 25.8 Å². The molecule has 0 unspecified atom stereocenters. The first kappa shape index (κ1) is 18.5. The van der Waals surface area contributed by atoms with Gasteiger partial charge in [-0.15, -0.1) is 0 Å². The summed E-state index contributed by atoms with van der Waals surface area (Å²) in [7, 11) is 3.16. The summed E-state index contributed by atoms with van der Waals surface area (Å²) < 4.78 is 10.6. The first-order chi connectivity index (χ1) is 12.6. The molecule has 2 heterocycles. The normalized spacial score (nSPS) is 23.3. The lowest BCUT2D eigenvalue weighted by molar-refractivity contribution is -0.139. The number of rotatable bonds is 5. The summed E-state index contributed by atoms with van der Waals surface area (Å²) in [6, 6.07) is 5.70. The highest BCUT2D eigenvalue weighted by atomic mass is 16.5. The lowest BCUT2D eigenvalue weighted by Crippen LogP contribution is -2.46. The fraction of sp³-hybridized carbons (Fsp3) is 0.600. The molecule has 2 amide bonds. The first-order valence-electron chi connectivity index (χ1n) is 9.41. The molecule has 2 saturated heterocycles. The van der Waals surface area contributed by atoms with Crippen molar-refractivity contribution in [1.82, 2.24) is 4.90 Å². The molecule has 6 heteroatoms. The van der Waals surface area contributed by atoms with Crippen molar-refractivity contribution in [3.8, 4) is 11.5 Å². The van der Waals surface area contributed by atoms with E-state index < -0.39 is 0 Å². The molecule has 0 aliphatic carbocycles. The zero-order chi connectivity index (χ0) is 18.7. The topological polar surface area (TPSA) is 59.1 Å². The van der Waals surface area contributed by atoms with Crippen LogP contribution in [-0.2, 0) is 9.59 Å². The highest BCUT2D eigenvalue weighted by Gasteiger charge is 2.40. The van der Waals surface area contributed by atoms with E-state index in [0.717, 1.165) is 25.8 Å². The lowest BCUT2D eigenvalue weighted by atomic mass is 9.97. The molecule has 1 aromatic rings. The van der Waals surface area contributed by atoms with Gasteiger partial charge in [0.2, 0.25) is 11.8 Å². The number of carbonyl (C=O) groups excluding carboxylic acids is 2. The van der Waals surface area contributed by atoms with Crippen LogP contribution in [-0.4, -0.2) is 50.1 Å². The lowest BCUT2D eigenvalue weighted by Gasteiger charge is -2.36. The van der Waals surface area contributed by atoms with Crippen LogP contribution in [0.3, 0.4) is 0 Å². The highest BCUT2D eigenvalue weighted by molar-refractivity contribution is 6.01. The molecule has 6 nitrogen and oxygen atoms in total. The predicted octanol–water partition coefficient (Wildman–Crippen LogP) is 2.85. The van der Waals surface area contributed by atoms with Crippen molar-refractivity contribution in [1.29, 1.82) is 0 Å². The number of hydrogen-bond acceptors (Lipinski definition) is 4. The zero-order valence-electron chi connectivity index (χ0n) is 15.9. The summed E-state index contributed by atoms with van der Waals surface area (Å²) in [4.78, 5) is 29.3. The second-order valence-electron chi connectivity index (χ2n) is 7.03. The number of piperidine rings is 1. The molecule has 26 heavy (non-hydrogen) atoms. The third kappa shape index (κ3) is 3.50. The summed E-state index contributed by atoms with van der Waals surface area (Å²) in [5, 5.41) is 0. The average Bonchev–Trinajstić information content (AvgIpc) is 3.08. The smallest absolute Gasteiger partial charge is 0.228 e. The Balaban J connectivity index is 1.77. The molecule has 2 aliphatic rings. The number of ether oxygens (including phenoxy) is 2.